The fourth-order valence-electron chi connectivity index (χ4n) is 2.83. The van der Waals surface area contributed by atoms with E-state index in [2.05, 4.69) is 5.32 Å². The zero-order valence-electron chi connectivity index (χ0n) is 11.8. The minimum absolute atomic E-state index is 0.199. The van der Waals surface area contributed by atoms with Crippen molar-refractivity contribution < 1.29 is 19.4 Å². The van der Waals surface area contributed by atoms with Crippen molar-refractivity contribution in [1.82, 2.24) is 5.32 Å². The van der Waals surface area contributed by atoms with Gasteiger partial charge in [0.2, 0.25) is 0 Å². The van der Waals surface area contributed by atoms with Crippen LogP contribution in [0.25, 0.3) is 11.0 Å². The number of fused-ring (bicyclic) bond motifs is 1. The molecule has 5 heteroatoms. The molecule has 3 N–H and O–H groups in total. The maximum Gasteiger partial charge on any atom is 0.339 e. The van der Waals surface area contributed by atoms with Gasteiger partial charge in [-0.1, -0.05) is 18.2 Å². The first-order valence-electron chi connectivity index (χ1n) is 7.20. The molecule has 1 fully saturated rings. The summed E-state index contributed by atoms with van der Waals surface area (Å²) >= 11 is 0. The predicted octanol–water partition coefficient (Wildman–Crippen LogP) is 2.38. The van der Waals surface area contributed by atoms with Gasteiger partial charge < -0.3 is 19.9 Å². The van der Waals surface area contributed by atoms with Crippen LogP contribution in [0.4, 0.5) is 0 Å². The first-order chi connectivity index (χ1) is 10.2. The van der Waals surface area contributed by atoms with Crippen LogP contribution < -0.4 is 5.32 Å². The van der Waals surface area contributed by atoms with Crippen LogP contribution in [0.2, 0.25) is 0 Å². The Morgan fingerprint density at radius 2 is 2.10 bits per heavy atom. The van der Waals surface area contributed by atoms with E-state index in [0.717, 1.165) is 25.8 Å². The minimum atomic E-state index is -0.965. The fourth-order valence-corrected chi connectivity index (χ4v) is 2.83. The van der Waals surface area contributed by atoms with Gasteiger partial charge in [-0.15, -0.1) is 0 Å². The third-order valence-electron chi connectivity index (χ3n) is 4.27. The average Bonchev–Trinajstić information content (AvgIpc) is 3.11. The van der Waals surface area contributed by atoms with E-state index in [-0.39, 0.29) is 17.6 Å². The Hall–Kier alpha value is -1.85. The molecule has 1 aromatic carbocycles. The first-order valence-corrected chi connectivity index (χ1v) is 7.20. The molecule has 0 amide bonds. The quantitative estimate of drug-likeness (QED) is 0.729. The number of rotatable bonds is 7. The summed E-state index contributed by atoms with van der Waals surface area (Å²) in [5, 5.41) is 22.3. The van der Waals surface area contributed by atoms with Crippen molar-refractivity contribution in [2.24, 2.45) is 5.41 Å². The molecule has 0 unspecified atom stereocenters. The third-order valence-corrected chi connectivity index (χ3v) is 4.27. The Labute approximate surface area is 122 Å². The molecular formula is C16H19NO4. The van der Waals surface area contributed by atoms with Crippen molar-refractivity contribution in [3.8, 4) is 0 Å². The number of hydrogen-bond acceptors (Lipinski definition) is 4. The van der Waals surface area contributed by atoms with Crippen molar-refractivity contribution in [3.63, 3.8) is 0 Å². The zero-order chi connectivity index (χ0) is 14.9. The molecule has 0 spiro atoms. The summed E-state index contributed by atoms with van der Waals surface area (Å²) in [6.07, 6.45) is 3.03. The maximum absolute atomic E-state index is 11.5. The number of nitrogens with one attached hydrogen (secondary N) is 1. The number of carboxylic acid groups (broad SMARTS) is 1. The molecular weight excluding hydrogens is 270 g/mol. The monoisotopic (exact) mass is 289 g/mol. The third kappa shape index (κ3) is 2.80. The lowest BCUT2D eigenvalue weighted by atomic mass is 10.0. The topological polar surface area (TPSA) is 82.7 Å². The highest BCUT2D eigenvalue weighted by molar-refractivity contribution is 6.03. The fraction of sp³-hybridized carbons (Fsp3) is 0.438. The zero-order valence-corrected chi connectivity index (χ0v) is 11.8. The molecule has 21 heavy (non-hydrogen) atoms. The van der Waals surface area contributed by atoms with E-state index < -0.39 is 5.97 Å². The molecule has 1 aliphatic carbocycles. The predicted molar refractivity (Wildman–Crippen MR) is 78.2 cm³/mol. The highest BCUT2D eigenvalue weighted by Gasteiger charge is 2.41. The Morgan fingerprint density at radius 3 is 2.76 bits per heavy atom. The largest absolute Gasteiger partial charge is 0.478 e. The second kappa shape index (κ2) is 5.50. The van der Waals surface area contributed by atoms with Crippen LogP contribution in [0.15, 0.2) is 28.7 Å². The van der Waals surface area contributed by atoms with E-state index >= 15 is 0 Å². The maximum atomic E-state index is 11.5. The molecule has 3 rings (SSSR count). The van der Waals surface area contributed by atoms with E-state index in [1.807, 2.05) is 12.1 Å². The summed E-state index contributed by atoms with van der Waals surface area (Å²) in [7, 11) is 0. The van der Waals surface area contributed by atoms with Gasteiger partial charge in [0.1, 0.15) is 16.9 Å². The second-order valence-electron chi connectivity index (χ2n) is 5.78. The summed E-state index contributed by atoms with van der Waals surface area (Å²) in [4.78, 5) is 11.5. The Bertz CT molecular complexity index is 657. The molecule has 0 bridgehead atoms. The van der Waals surface area contributed by atoms with Gasteiger partial charge >= 0.3 is 5.97 Å². The van der Waals surface area contributed by atoms with Crippen LogP contribution in [0, 0.1) is 5.41 Å². The van der Waals surface area contributed by atoms with Gasteiger partial charge in [-0.05, 0) is 30.7 Å². The molecule has 1 aliphatic rings. The summed E-state index contributed by atoms with van der Waals surface area (Å²) in [5.41, 5.74) is 1.04. The molecule has 1 saturated carbocycles. The lowest BCUT2D eigenvalue weighted by Gasteiger charge is -2.13. The lowest BCUT2D eigenvalue weighted by molar-refractivity contribution is 0.0696. The molecule has 5 nitrogen and oxygen atoms in total. The van der Waals surface area contributed by atoms with E-state index in [1.165, 1.54) is 0 Å². The van der Waals surface area contributed by atoms with Gasteiger partial charge in [-0.2, -0.15) is 0 Å². The van der Waals surface area contributed by atoms with Crippen LogP contribution in [-0.2, 0) is 6.54 Å². The number of carboxylic acids is 1. The SMILES string of the molecule is O=C(O)c1c(CNCC2(CCO)CC2)oc2ccccc12. The van der Waals surface area contributed by atoms with Crippen LogP contribution in [-0.4, -0.2) is 29.3 Å². The Morgan fingerprint density at radius 1 is 1.33 bits per heavy atom. The van der Waals surface area contributed by atoms with E-state index in [0.29, 0.717) is 23.3 Å². The normalized spacial score (nSPS) is 16.2. The number of aliphatic hydroxyl groups excluding tert-OH is 1. The number of furan rings is 1. The van der Waals surface area contributed by atoms with E-state index in [1.54, 1.807) is 12.1 Å². The van der Waals surface area contributed by atoms with Gasteiger partial charge in [0, 0.05) is 18.5 Å². The smallest absolute Gasteiger partial charge is 0.339 e. The number of aliphatic hydroxyl groups is 1. The minimum Gasteiger partial charge on any atom is -0.478 e. The number of benzene rings is 1. The molecule has 0 aliphatic heterocycles. The number of hydrogen-bond donors (Lipinski definition) is 3. The van der Waals surface area contributed by atoms with Gasteiger partial charge in [-0.25, -0.2) is 4.79 Å². The van der Waals surface area contributed by atoms with Crippen LogP contribution in [0.1, 0.15) is 35.4 Å². The van der Waals surface area contributed by atoms with Crippen LogP contribution in [0.3, 0.4) is 0 Å². The second-order valence-corrected chi connectivity index (χ2v) is 5.78. The molecule has 1 heterocycles. The number of para-hydroxylation sites is 1. The Balaban J connectivity index is 1.74. The molecule has 1 aromatic heterocycles. The molecule has 112 valence electrons. The molecule has 0 saturated heterocycles. The van der Waals surface area contributed by atoms with Crippen molar-refractivity contribution >= 4 is 16.9 Å². The standard InChI is InChI=1S/C16H19NO4/c18-8-7-16(5-6-16)10-17-9-13-14(15(19)20)11-3-1-2-4-12(11)21-13/h1-4,17-18H,5-10H2,(H,19,20). The molecule has 2 aromatic rings. The highest BCUT2D eigenvalue weighted by Crippen LogP contribution is 2.47. The van der Waals surface area contributed by atoms with Crippen LogP contribution in [0.5, 0.6) is 0 Å². The first kappa shape index (κ1) is 14.1. The summed E-state index contributed by atoms with van der Waals surface area (Å²) in [6, 6.07) is 7.18. The average molecular weight is 289 g/mol. The van der Waals surface area contributed by atoms with Crippen molar-refractivity contribution in [3.05, 3.63) is 35.6 Å². The Kier molecular flexibility index (Phi) is 3.69. The summed E-state index contributed by atoms with van der Waals surface area (Å²) < 4.78 is 5.66. The van der Waals surface area contributed by atoms with Crippen molar-refractivity contribution in [2.45, 2.75) is 25.8 Å². The summed E-state index contributed by atoms with van der Waals surface area (Å²) in [6.45, 7) is 1.37. The van der Waals surface area contributed by atoms with Gasteiger partial charge in [0.05, 0.1) is 6.54 Å². The van der Waals surface area contributed by atoms with Gasteiger partial charge in [0.25, 0.3) is 0 Å². The lowest BCUT2D eigenvalue weighted by Crippen LogP contribution is -2.24. The molecule has 0 atom stereocenters. The van der Waals surface area contributed by atoms with Crippen molar-refractivity contribution in [2.75, 3.05) is 13.2 Å². The van der Waals surface area contributed by atoms with E-state index in [4.69, 9.17) is 9.52 Å². The highest BCUT2D eigenvalue weighted by atomic mass is 16.4. The van der Waals surface area contributed by atoms with Crippen molar-refractivity contribution in [1.29, 1.82) is 0 Å². The summed E-state index contributed by atoms with van der Waals surface area (Å²) in [5.74, 6) is -0.503. The van der Waals surface area contributed by atoms with E-state index in [9.17, 15) is 9.90 Å². The molecule has 0 radical (unpaired) electrons. The van der Waals surface area contributed by atoms with Gasteiger partial charge in [-0.3, -0.25) is 0 Å². The van der Waals surface area contributed by atoms with Gasteiger partial charge in [0.15, 0.2) is 0 Å². The van der Waals surface area contributed by atoms with Crippen LogP contribution >= 0.6 is 0 Å². The number of carbonyl (C=O) groups is 1. The number of aromatic carboxylic acids is 1.